The highest BCUT2D eigenvalue weighted by Crippen LogP contribution is 2.32. The summed E-state index contributed by atoms with van der Waals surface area (Å²) in [5, 5.41) is 8.91. The summed E-state index contributed by atoms with van der Waals surface area (Å²) in [5.41, 5.74) is 5.20. The first-order chi connectivity index (χ1) is 11.5. The van der Waals surface area contributed by atoms with Gasteiger partial charge in [0.05, 0.1) is 22.0 Å². The van der Waals surface area contributed by atoms with Crippen LogP contribution in [0.3, 0.4) is 0 Å². The van der Waals surface area contributed by atoms with E-state index in [1.807, 2.05) is 11.4 Å². The Bertz CT molecular complexity index is 908. The first kappa shape index (κ1) is 17.5. The molecule has 0 aliphatic rings. The number of nitrogens with one attached hydrogen (secondary N) is 1. The summed E-state index contributed by atoms with van der Waals surface area (Å²) in [5.74, 6) is 0. The van der Waals surface area contributed by atoms with Crippen molar-refractivity contribution in [2.45, 2.75) is 0 Å². The van der Waals surface area contributed by atoms with Crippen molar-refractivity contribution in [2.75, 3.05) is 5.43 Å². The van der Waals surface area contributed by atoms with E-state index in [1.165, 1.54) is 11.3 Å². The van der Waals surface area contributed by atoms with E-state index in [4.69, 9.17) is 46.4 Å². The molecule has 0 radical (unpaired) electrons. The molecule has 0 spiro atoms. The van der Waals surface area contributed by atoms with Crippen molar-refractivity contribution in [3.05, 3.63) is 67.4 Å². The summed E-state index contributed by atoms with van der Waals surface area (Å²) < 4.78 is 0. The molecule has 0 atom stereocenters. The summed E-state index contributed by atoms with van der Waals surface area (Å²) in [6, 6.07) is 10.5. The van der Waals surface area contributed by atoms with E-state index in [1.54, 1.807) is 36.5 Å². The Morgan fingerprint density at radius 2 is 1.67 bits per heavy atom. The number of aromatic nitrogens is 1. The number of benzene rings is 2. The van der Waals surface area contributed by atoms with Crippen LogP contribution >= 0.6 is 57.7 Å². The van der Waals surface area contributed by atoms with Crippen LogP contribution in [-0.2, 0) is 0 Å². The van der Waals surface area contributed by atoms with Crippen LogP contribution in [0, 0.1) is 0 Å². The van der Waals surface area contributed by atoms with Gasteiger partial charge in [-0.15, -0.1) is 11.3 Å². The highest BCUT2D eigenvalue weighted by Gasteiger charge is 2.08. The molecule has 1 N–H and O–H groups in total. The van der Waals surface area contributed by atoms with E-state index in [0.29, 0.717) is 25.2 Å². The Morgan fingerprint density at radius 3 is 2.38 bits per heavy atom. The molecule has 1 heterocycles. The SMILES string of the molecule is Clc1ccc(/C=N/Nc2nc(-c3ccc(Cl)cc3Cl)cs2)c(Cl)c1. The average molecular weight is 417 g/mol. The minimum absolute atomic E-state index is 0.529. The smallest absolute Gasteiger partial charge is 0.203 e. The fraction of sp³-hybridized carbons (Fsp3) is 0. The van der Waals surface area contributed by atoms with Gasteiger partial charge in [0.15, 0.2) is 0 Å². The molecule has 0 fully saturated rings. The van der Waals surface area contributed by atoms with Gasteiger partial charge in [-0.25, -0.2) is 4.98 Å². The molecule has 122 valence electrons. The molecule has 3 rings (SSSR count). The van der Waals surface area contributed by atoms with Gasteiger partial charge in [0.1, 0.15) is 0 Å². The molecular weight excluding hydrogens is 408 g/mol. The lowest BCUT2D eigenvalue weighted by atomic mass is 10.2. The van der Waals surface area contributed by atoms with E-state index in [-0.39, 0.29) is 0 Å². The fourth-order valence-electron chi connectivity index (χ4n) is 1.91. The fourth-order valence-corrected chi connectivity index (χ4v) is 3.53. The lowest BCUT2D eigenvalue weighted by Gasteiger charge is -2.01. The van der Waals surface area contributed by atoms with Crippen molar-refractivity contribution in [3.63, 3.8) is 0 Å². The highest BCUT2D eigenvalue weighted by atomic mass is 35.5. The van der Waals surface area contributed by atoms with Gasteiger partial charge >= 0.3 is 0 Å². The van der Waals surface area contributed by atoms with Crippen molar-refractivity contribution < 1.29 is 0 Å². The Balaban J connectivity index is 1.73. The van der Waals surface area contributed by atoms with Crippen molar-refractivity contribution in [2.24, 2.45) is 5.10 Å². The molecule has 1 aromatic heterocycles. The summed E-state index contributed by atoms with van der Waals surface area (Å²) in [4.78, 5) is 4.45. The van der Waals surface area contributed by atoms with E-state index in [2.05, 4.69) is 15.5 Å². The molecule has 3 nitrogen and oxygen atoms in total. The molecule has 0 saturated carbocycles. The number of hydrazone groups is 1. The highest BCUT2D eigenvalue weighted by molar-refractivity contribution is 7.14. The van der Waals surface area contributed by atoms with Crippen LogP contribution < -0.4 is 5.43 Å². The van der Waals surface area contributed by atoms with Gasteiger partial charge in [-0.1, -0.05) is 52.5 Å². The predicted molar refractivity (Wildman–Crippen MR) is 105 cm³/mol. The molecule has 0 amide bonds. The zero-order chi connectivity index (χ0) is 17.1. The Kier molecular flexibility index (Phi) is 5.64. The predicted octanol–water partition coefficient (Wildman–Crippen LogP) is 6.87. The Morgan fingerprint density at radius 1 is 0.958 bits per heavy atom. The molecule has 3 aromatic rings. The van der Waals surface area contributed by atoms with E-state index < -0.39 is 0 Å². The molecule has 8 heteroatoms. The maximum Gasteiger partial charge on any atom is 0.203 e. The van der Waals surface area contributed by atoms with Gasteiger partial charge in [0.25, 0.3) is 0 Å². The topological polar surface area (TPSA) is 37.3 Å². The van der Waals surface area contributed by atoms with Crippen molar-refractivity contribution in [1.82, 2.24) is 4.98 Å². The van der Waals surface area contributed by atoms with Gasteiger partial charge in [0.2, 0.25) is 5.13 Å². The first-order valence-corrected chi connectivity index (χ1v) is 9.07. The lowest BCUT2D eigenvalue weighted by molar-refractivity contribution is 1.29. The molecule has 0 aliphatic heterocycles. The molecule has 2 aromatic carbocycles. The number of halogens is 4. The Labute approximate surface area is 162 Å². The number of anilines is 1. The monoisotopic (exact) mass is 415 g/mol. The third-order valence-corrected chi connectivity index (χ3v) is 4.89. The van der Waals surface area contributed by atoms with Crippen LogP contribution in [0.4, 0.5) is 5.13 Å². The molecule has 24 heavy (non-hydrogen) atoms. The number of hydrogen-bond donors (Lipinski definition) is 1. The zero-order valence-electron chi connectivity index (χ0n) is 11.9. The van der Waals surface area contributed by atoms with Crippen molar-refractivity contribution >= 4 is 69.1 Å². The van der Waals surface area contributed by atoms with Gasteiger partial charge in [-0.2, -0.15) is 5.10 Å². The molecule has 0 unspecified atom stereocenters. The Hall–Kier alpha value is -1.30. The maximum absolute atomic E-state index is 6.19. The van der Waals surface area contributed by atoms with Crippen LogP contribution in [0.1, 0.15) is 5.56 Å². The van der Waals surface area contributed by atoms with E-state index in [9.17, 15) is 0 Å². The molecular formula is C16H9Cl4N3S. The van der Waals surface area contributed by atoms with Crippen LogP contribution in [0.5, 0.6) is 0 Å². The largest absolute Gasteiger partial charge is 0.253 e. The minimum Gasteiger partial charge on any atom is -0.253 e. The lowest BCUT2D eigenvalue weighted by Crippen LogP contribution is -1.91. The van der Waals surface area contributed by atoms with Gasteiger partial charge < -0.3 is 0 Å². The third-order valence-electron chi connectivity index (χ3n) is 3.04. The summed E-state index contributed by atoms with van der Waals surface area (Å²) >= 11 is 25.5. The quantitative estimate of drug-likeness (QED) is 0.372. The second-order valence-electron chi connectivity index (χ2n) is 4.70. The number of nitrogens with zero attached hydrogens (tertiary/aromatic N) is 2. The van der Waals surface area contributed by atoms with Crippen molar-refractivity contribution in [1.29, 1.82) is 0 Å². The van der Waals surface area contributed by atoms with Crippen LogP contribution in [0.25, 0.3) is 11.3 Å². The first-order valence-electron chi connectivity index (χ1n) is 6.68. The molecule has 0 saturated heterocycles. The van der Waals surface area contributed by atoms with Crippen molar-refractivity contribution in [3.8, 4) is 11.3 Å². The third kappa shape index (κ3) is 4.21. The van der Waals surface area contributed by atoms with Gasteiger partial charge in [-0.3, -0.25) is 5.43 Å². The summed E-state index contributed by atoms with van der Waals surface area (Å²) in [6.07, 6.45) is 1.61. The second kappa shape index (κ2) is 7.72. The van der Waals surface area contributed by atoms with E-state index >= 15 is 0 Å². The van der Waals surface area contributed by atoms with Crippen LogP contribution in [-0.4, -0.2) is 11.2 Å². The van der Waals surface area contributed by atoms with E-state index in [0.717, 1.165) is 16.8 Å². The van der Waals surface area contributed by atoms with Gasteiger partial charge in [-0.05, 0) is 30.3 Å². The average Bonchev–Trinajstić information content (AvgIpc) is 2.98. The number of hydrogen-bond acceptors (Lipinski definition) is 4. The summed E-state index contributed by atoms with van der Waals surface area (Å²) in [7, 11) is 0. The summed E-state index contributed by atoms with van der Waals surface area (Å²) in [6.45, 7) is 0. The maximum atomic E-state index is 6.19. The van der Waals surface area contributed by atoms with Crippen LogP contribution in [0.2, 0.25) is 20.1 Å². The second-order valence-corrected chi connectivity index (χ2v) is 7.24. The molecule has 0 bridgehead atoms. The van der Waals surface area contributed by atoms with Crippen LogP contribution in [0.15, 0.2) is 46.9 Å². The zero-order valence-corrected chi connectivity index (χ0v) is 15.8. The molecule has 0 aliphatic carbocycles. The van der Waals surface area contributed by atoms with Gasteiger partial charge in [0, 0.05) is 26.6 Å². The number of thiazole rings is 1. The minimum atomic E-state index is 0.529. The standard InChI is InChI=1S/C16H9Cl4N3S/c17-10-2-1-9(13(19)5-10)7-21-23-16-22-15(8-24-16)12-4-3-11(18)6-14(12)20/h1-8H,(H,22,23)/b21-7+. The normalized spacial score (nSPS) is 11.2. The number of rotatable bonds is 4.